The molecule has 0 saturated carbocycles. The quantitative estimate of drug-likeness (QED) is 0.555. The molecule has 0 unspecified atom stereocenters. The Morgan fingerprint density at radius 1 is 1.50 bits per heavy atom. The zero-order valence-corrected chi connectivity index (χ0v) is 6.25. The minimum Gasteiger partial charge on any atom is -0.312 e. The van der Waals surface area contributed by atoms with Crippen LogP contribution in [0.4, 0.5) is 0 Å². The summed E-state index contributed by atoms with van der Waals surface area (Å²) in [6, 6.07) is 0. The average Bonchev–Trinajstić information content (AvgIpc) is 1.25. The van der Waals surface area contributed by atoms with Gasteiger partial charge in [0.25, 0.3) is 9.05 Å². The Kier molecular flexibility index (Phi) is 1.91. The normalized spacial score (nSPS) is 14.0. The smallest absolute Gasteiger partial charge is 0.250 e. The molecule has 0 amide bonds. The molecule has 3 nitrogen and oxygen atoms in total. The van der Waals surface area contributed by atoms with Gasteiger partial charge in [0.15, 0.2) is 0 Å². The zero-order chi connectivity index (χ0) is 7.00. The highest BCUT2D eigenvalue weighted by molar-refractivity contribution is 8.14. The van der Waals surface area contributed by atoms with Crippen LogP contribution in [0.3, 0.4) is 0 Å². The van der Waals surface area contributed by atoms with Crippen LogP contribution in [0.25, 0.3) is 0 Å². The molecule has 5 heteroatoms. The summed E-state index contributed by atoms with van der Waals surface area (Å²) in [5, 5.41) is 0. The Balaban J connectivity index is 4.53. The standard InChI is InChI=1S/C3H8ClNO2S/c1-3(2,5)8(4,6)7/h5H2,1-2H3. The monoisotopic (exact) mass is 157 g/mol. The van der Waals surface area contributed by atoms with Crippen molar-refractivity contribution in [3.8, 4) is 0 Å². The number of hydrogen-bond donors (Lipinski definition) is 1. The molecule has 0 bridgehead atoms. The number of nitrogens with two attached hydrogens (primary N) is 1. The Morgan fingerprint density at radius 2 is 1.62 bits per heavy atom. The summed E-state index contributed by atoms with van der Waals surface area (Å²) < 4.78 is 20.6. The van der Waals surface area contributed by atoms with Crippen molar-refractivity contribution in [2.75, 3.05) is 0 Å². The molecule has 2 N–H and O–H groups in total. The second kappa shape index (κ2) is 1.86. The number of rotatable bonds is 1. The van der Waals surface area contributed by atoms with Crippen molar-refractivity contribution in [1.82, 2.24) is 0 Å². The molecule has 50 valence electrons. The molecule has 0 atom stereocenters. The van der Waals surface area contributed by atoms with Crippen LogP contribution in [0.5, 0.6) is 0 Å². The van der Waals surface area contributed by atoms with Crippen LogP contribution in [0.15, 0.2) is 0 Å². The molecular weight excluding hydrogens is 150 g/mol. The van der Waals surface area contributed by atoms with Gasteiger partial charge in [-0.05, 0) is 13.8 Å². The van der Waals surface area contributed by atoms with E-state index in [-0.39, 0.29) is 0 Å². The van der Waals surface area contributed by atoms with E-state index >= 15 is 0 Å². The first-order valence-corrected chi connectivity index (χ1v) is 4.29. The summed E-state index contributed by atoms with van der Waals surface area (Å²) in [7, 11) is 1.27. The maximum atomic E-state index is 10.3. The van der Waals surface area contributed by atoms with Crippen molar-refractivity contribution in [3.63, 3.8) is 0 Å². The van der Waals surface area contributed by atoms with Crippen LogP contribution < -0.4 is 5.73 Å². The first-order valence-electron chi connectivity index (χ1n) is 1.98. The molecule has 0 aromatic rings. The summed E-state index contributed by atoms with van der Waals surface area (Å²) >= 11 is 0. The number of hydrogen-bond acceptors (Lipinski definition) is 3. The van der Waals surface area contributed by atoms with Crippen molar-refractivity contribution in [2.24, 2.45) is 5.73 Å². The fourth-order valence-corrected chi connectivity index (χ4v) is 0. The predicted molar refractivity (Wildman–Crippen MR) is 33.0 cm³/mol. The second-order valence-electron chi connectivity index (χ2n) is 2.04. The van der Waals surface area contributed by atoms with Crippen LogP contribution in [0.2, 0.25) is 0 Å². The molecule has 0 radical (unpaired) electrons. The third-order valence-electron chi connectivity index (χ3n) is 0.628. The third-order valence-corrected chi connectivity index (χ3v) is 3.08. The van der Waals surface area contributed by atoms with Gasteiger partial charge in [-0.15, -0.1) is 0 Å². The summed E-state index contributed by atoms with van der Waals surface area (Å²) in [5.41, 5.74) is 5.09. The van der Waals surface area contributed by atoms with E-state index in [9.17, 15) is 8.42 Å². The van der Waals surface area contributed by atoms with Gasteiger partial charge in [0.2, 0.25) is 0 Å². The van der Waals surface area contributed by atoms with Crippen LogP contribution >= 0.6 is 10.7 Å². The molecule has 0 fully saturated rings. The molecule has 0 aliphatic heterocycles. The van der Waals surface area contributed by atoms with Gasteiger partial charge in [0, 0.05) is 10.7 Å². The van der Waals surface area contributed by atoms with Crippen molar-refractivity contribution >= 4 is 19.7 Å². The Morgan fingerprint density at radius 3 is 1.62 bits per heavy atom. The van der Waals surface area contributed by atoms with Crippen molar-refractivity contribution in [2.45, 2.75) is 18.7 Å². The van der Waals surface area contributed by atoms with E-state index < -0.39 is 13.9 Å². The fraction of sp³-hybridized carbons (Fsp3) is 1.00. The van der Waals surface area contributed by atoms with Crippen LogP contribution in [0.1, 0.15) is 13.8 Å². The molecule has 0 aliphatic carbocycles. The van der Waals surface area contributed by atoms with Crippen LogP contribution in [0, 0.1) is 0 Å². The molecule has 0 aliphatic rings. The summed E-state index contributed by atoms with van der Waals surface area (Å²) in [5.74, 6) is 0. The Bertz CT molecular complexity index is 166. The molecule has 8 heavy (non-hydrogen) atoms. The molecule has 0 heterocycles. The molecular formula is C3H8ClNO2S. The first-order chi connectivity index (χ1) is 3.25. The highest BCUT2D eigenvalue weighted by atomic mass is 35.7. The second-order valence-corrected chi connectivity index (χ2v) is 5.19. The Labute approximate surface area is 53.2 Å². The van der Waals surface area contributed by atoms with Crippen LogP contribution in [-0.2, 0) is 9.05 Å². The number of halogens is 1. The third kappa shape index (κ3) is 1.98. The first kappa shape index (κ1) is 8.20. The lowest BCUT2D eigenvalue weighted by Crippen LogP contribution is -2.38. The van der Waals surface area contributed by atoms with Crippen molar-refractivity contribution in [1.29, 1.82) is 0 Å². The molecule has 0 aromatic carbocycles. The van der Waals surface area contributed by atoms with E-state index in [1.807, 2.05) is 0 Å². The van der Waals surface area contributed by atoms with E-state index in [2.05, 4.69) is 0 Å². The lowest BCUT2D eigenvalue weighted by molar-refractivity contribution is 0.568. The lowest BCUT2D eigenvalue weighted by Gasteiger charge is -2.11. The van der Waals surface area contributed by atoms with Gasteiger partial charge in [0.05, 0.1) is 0 Å². The predicted octanol–water partition coefficient (Wildman–Crippen LogP) is 0.250. The van der Waals surface area contributed by atoms with E-state index in [1.54, 1.807) is 0 Å². The zero-order valence-electron chi connectivity index (χ0n) is 4.68. The van der Waals surface area contributed by atoms with Gasteiger partial charge in [-0.2, -0.15) is 0 Å². The van der Waals surface area contributed by atoms with Gasteiger partial charge in [-0.25, -0.2) is 8.42 Å². The van der Waals surface area contributed by atoms with E-state index in [0.717, 1.165) is 0 Å². The molecule has 0 spiro atoms. The summed E-state index contributed by atoms with van der Waals surface area (Å²) in [6.07, 6.45) is 0. The highest BCUT2D eigenvalue weighted by Crippen LogP contribution is 2.12. The maximum absolute atomic E-state index is 10.3. The van der Waals surface area contributed by atoms with E-state index in [0.29, 0.717) is 0 Å². The summed E-state index contributed by atoms with van der Waals surface area (Å²) in [4.78, 5) is -1.32. The van der Waals surface area contributed by atoms with Gasteiger partial charge in [-0.1, -0.05) is 0 Å². The largest absolute Gasteiger partial charge is 0.312 e. The van der Waals surface area contributed by atoms with Gasteiger partial charge in [-0.3, -0.25) is 0 Å². The summed E-state index contributed by atoms with van der Waals surface area (Å²) in [6.45, 7) is 2.66. The highest BCUT2D eigenvalue weighted by Gasteiger charge is 2.26. The average molecular weight is 158 g/mol. The molecule has 0 aromatic heterocycles. The van der Waals surface area contributed by atoms with Crippen LogP contribution in [-0.4, -0.2) is 13.3 Å². The van der Waals surface area contributed by atoms with E-state index in [4.69, 9.17) is 16.4 Å². The topological polar surface area (TPSA) is 60.2 Å². The van der Waals surface area contributed by atoms with E-state index in [1.165, 1.54) is 13.8 Å². The minimum atomic E-state index is -3.59. The minimum absolute atomic E-state index is 1.32. The SMILES string of the molecule is CC(C)(N)S(=O)(=O)Cl. The van der Waals surface area contributed by atoms with Gasteiger partial charge in [0.1, 0.15) is 4.87 Å². The van der Waals surface area contributed by atoms with Gasteiger partial charge < -0.3 is 5.73 Å². The fourth-order valence-electron chi connectivity index (χ4n) is 0. The lowest BCUT2D eigenvalue weighted by atomic mass is 10.4. The van der Waals surface area contributed by atoms with Gasteiger partial charge >= 0.3 is 0 Å². The van der Waals surface area contributed by atoms with Crippen molar-refractivity contribution in [3.05, 3.63) is 0 Å². The molecule has 0 saturated heterocycles. The molecule has 0 rings (SSSR count). The maximum Gasteiger partial charge on any atom is 0.250 e. The van der Waals surface area contributed by atoms with Crippen molar-refractivity contribution < 1.29 is 8.42 Å². The Hall–Kier alpha value is 0.200.